The molecular formula is C17H34O2. The van der Waals surface area contributed by atoms with Gasteiger partial charge in [0.25, 0.3) is 0 Å². The molecule has 1 saturated heterocycles. The van der Waals surface area contributed by atoms with E-state index in [2.05, 4.69) is 62.3 Å². The molecule has 2 heteroatoms. The van der Waals surface area contributed by atoms with Gasteiger partial charge in [-0.25, -0.2) is 0 Å². The summed E-state index contributed by atoms with van der Waals surface area (Å²) in [6, 6.07) is 0. The number of rotatable bonds is 2. The zero-order valence-electron chi connectivity index (χ0n) is 14.5. The van der Waals surface area contributed by atoms with E-state index in [1.54, 1.807) is 0 Å². The van der Waals surface area contributed by atoms with Gasteiger partial charge in [-0.1, -0.05) is 62.3 Å². The predicted molar refractivity (Wildman–Crippen MR) is 81.1 cm³/mol. The lowest BCUT2D eigenvalue weighted by molar-refractivity contribution is -0.312. The summed E-state index contributed by atoms with van der Waals surface area (Å²) < 4.78 is 12.6. The fourth-order valence-electron chi connectivity index (χ4n) is 2.29. The second kappa shape index (κ2) is 5.37. The smallest absolute Gasteiger partial charge is 0.163 e. The van der Waals surface area contributed by atoms with Gasteiger partial charge in [0.05, 0.1) is 12.2 Å². The van der Waals surface area contributed by atoms with Gasteiger partial charge in [-0.05, 0) is 17.3 Å². The molecule has 0 spiro atoms. The molecule has 1 rings (SSSR count). The summed E-state index contributed by atoms with van der Waals surface area (Å²) in [6.45, 7) is 20.3. The molecule has 0 aliphatic carbocycles. The van der Waals surface area contributed by atoms with Crippen LogP contribution in [0.15, 0.2) is 0 Å². The predicted octanol–water partition coefficient (Wildman–Crippen LogP) is 5.02. The molecule has 0 aromatic heterocycles. The van der Waals surface area contributed by atoms with Gasteiger partial charge in [0, 0.05) is 11.8 Å². The van der Waals surface area contributed by atoms with Crippen molar-refractivity contribution in [2.45, 2.75) is 93.7 Å². The van der Waals surface area contributed by atoms with Crippen LogP contribution in [0.25, 0.3) is 0 Å². The van der Waals surface area contributed by atoms with Crippen molar-refractivity contribution in [1.29, 1.82) is 0 Å². The van der Waals surface area contributed by atoms with Crippen LogP contribution in [0.4, 0.5) is 0 Å². The standard InChI is InChI=1S/C17H34O2/c1-10-17(8,9)14-18-12(15(2,3)4)11-13(19-14)16(5,6)7/h12-14H,10-11H2,1-9H3. The lowest BCUT2D eigenvalue weighted by atomic mass is 9.77. The van der Waals surface area contributed by atoms with E-state index in [0.29, 0.717) is 0 Å². The van der Waals surface area contributed by atoms with Gasteiger partial charge in [0.2, 0.25) is 0 Å². The van der Waals surface area contributed by atoms with E-state index in [0.717, 1.165) is 12.8 Å². The third-order valence-electron chi connectivity index (χ3n) is 4.49. The average Bonchev–Trinajstić information content (AvgIpc) is 2.26. The fourth-order valence-corrected chi connectivity index (χ4v) is 2.29. The Balaban J connectivity index is 2.97. The fraction of sp³-hybridized carbons (Fsp3) is 1.00. The highest BCUT2D eigenvalue weighted by molar-refractivity contribution is 4.89. The highest BCUT2D eigenvalue weighted by Gasteiger charge is 2.45. The van der Waals surface area contributed by atoms with Crippen LogP contribution in [0.2, 0.25) is 0 Å². The molecule has 0 bridgehead atoms. The molecule has 0 amide bonds. The Morgan fingerprint density at radius 1 is 0.789 bits per heavy atom. The highest BCUT2D eigenvalue weighted by Crippen LogP contribution is 2.42. The van der Waals surface area contributed by atoms with Crippen LogP contribution in [-0.4, -0.2) is 18.5 Å². The molecule has 2 nitrogen and oxygen atoms in total. The Morgan fingerprint density at radius 2 is 1.16 bits per heavy atom. The van der Waals surface area contributed by atoms with Gasteiger partial charge in [0.1, 0.15) is 0 Å². The Hall–Kier alpha value is -0.0800. The van der Waals surface area contributed by atoms with E-state index in [1.807, 2.05) is 0 Å². The van der Waals surface area contributed by atoms with Gasteiger partial charge in [-0.2, -0.15) is 0 Å². The van der Waals surface area contributed by atoms with Gasteiger partial charge in [-0.15, -0.1) is 0 Å². The van der Waals surface area contributed by atoms with Crippen molar-refractivity contribution >= 4 is 0 Å². The van der Waals surface area contributed by atoms with Crippen molar-refractivity contribution < 1.29 is 9.47 Å². The molecule has 0 aromatic carbocycles. The second-order valence-corrected chi connectivity index (χ2v) is 8.89. The molecule has 1 aliphatic rings. The zero-order chi connectivity index (χ0) is 15.1. The number of ether oxygens (including phenoxy) is 2. The maximum absolute atomic E-state index is 6.31. The summed E-state index contributed by atoms with van der Waals surface area (Å²) in [5, 5.41) is 0. The van der Waals surface area contributed by atoms with Crippen LogP contribution in [0.5, 0.6) is 0 Å². The van der Waals surface area contributed by atoms with Crippen LogP contribution >= 0.6 is 0 Å². The Morgan fingerprint density at radius 3 is 1.42 bits per heavy atom. The third-order valence-corrected chi connectivity index (χ3v) is 4.49. The first-order valence-corrected chi connectivity index (χ1v) is 7.69. The number of hydrogen-bond donors (Lipinski definition) is 0. The Bertz CT molecular complexity index is 271. The van der Waals surface area contributed by atoms with Gasteiger partial charge >= 0.3 is 0 Å². The second-order valence-electron chi connectivity index (χ2n) is 8.89. The van der Waals surface area contributed by atoms with Crippen molar-refractivity contribution in [3.05, 3.63) is 0 Å². The van der Waals surface area contributed by atoms with E-state index in [1.165, 1.54) is 0 Å². The van der Waals surface area contributed by atoms with E-state index < -0.39 is 0 Å². The molecule has 2 unspecified atom stereocenters. The maximum atomic E-state index is 6.31. The number of hydrogen-bond acceptors (Lipinski definition) is 2. The third kappa shape index (κ3) is 4.19. The SMILES string of the molecule is CCC(C)(C)C1OC(C(C)(C)C)CC(C(C)(C)C)O1. The first-order valence-electron chi connectivity index (χ1n) is 7.69. The van der Waals surface area contributed by atoms with Crippen LogP contribution in [0, 0.1) is 16.2 Å². The van der Waals surface area contributed by atoms with Gasteiger partial charge < -0.3 is 9.47 Å². The van der Waals surface area contributed by atoms with Crippen LogP contribution < -0.4 is 0 Å². The first kappa shape index (κ1) is 17.0. The van der Waals surface area contributed by atoms with Crippen molar-refractivity contribution in [2.75, 3.05) is 0 Å². The molecule has 1 fully saturated rings. The van der Waals surface area contributed by atoms with Crippen LogP contribution in [0.3, 0.4) is 0 Å². The molecule has 0 saturated carbocycles. The van der Waals surface area contributed by atoms with E-state index in [-0.39, 0.29) is 34.7 Å². The summed E-state index contributed by atoms with van der Waals surface area (Å²) in [5.74, 6) is 0. The lowest BCUT2D eigenvalue weighted by Gasteiger charge is -2.49. The Labute approximate surface area is 120 Å². The van der Waals surface area contributed by atoms with E-state index >= 15 is 0 Å². The van der Waals surface area contributed by atoms with Crippen LogP contribution in [0.1, 0.15) is 75.2 Å². The molecule has 1 heterocycles. The molecule has 0 N–H and O–H groups in total. The minimum atomic E-state index is -0.0975. The van der Waals surface area contributed by atoms with Crippen LogP contribution in [-0.2, 0) is 9.47 Å². The first-order chi connectivity index (χ1) is 8.38. The van der Waals surface area contributed by atoms with E-state index in [9.17, 15) is 0 Å². The quantitative estimate of drug-likeness (QED) is 0.702. The topological polar surface area (TPSA) is 18.5 Å². The summed E-state index contributed by atoms with van der Waals surface area (Å²) in [7, 11) is 0. The molecule has 114 valence electrons. The van der Waals surface area contributed by atoms with E-state index in [4.69, 9.17) is 9.47 Å². The van der Waals surface area contributed by atoms with Crippen molar-refractivity contribution in [2.24, 2.45) is 16.2 Å². The molecule has 0 aromatic rings. The molecule has 19 heavy (non-hydrogen) atoms. The summed E-state index contributed by atoms with van der Waals surface area (Å²) in [5.41, 5.74) is 0.387. The van der Waals surface area contributed by atoms with Crippen molar-refractivity contribution in [3.63, 3.8) is 0 Å². The summed E-state index contributed by atoms with van der Waals surface area (Å²) in [6.07, 6.45) is 2.48. The summed E-state index contributed by atoms with van der Waals surface area (Å²) in [4.78, 5) is 0. The molecule has 2 atom stereocenters. The summed E-state index contributed by atoms with van der Waals surface area (Å²) >= 11 is 0. The normalized spacial score (nSPS) is 30.5. The monoisotopic (exact) mass is 270 g/mol. The van der Waals surface area contributed by atoms with Crippen molar-refractivity contribution in [1.82, 2.24) is 0 Å². The minimum Gasteiger partial charge on any atom is -0.348 e. The maximum Gasteiger partial charge on any atom is 0.163 e. The molecule has 0 radical (unpaired) electrons. The zero-order valence-corrected chi connectivity index (χ0v) is 14.5. The van der Waals surface area contributed by atoms with Gasteiger partial charge in [0.15, 0.2) is 6.29 Å². The van der Waals surface area contributed by atoms with Crippen molar-refractivity contribution in [3.8, 4) is 0 Å². The Kier molecular flexibility index (Phi) is 4.79. The largest absolute Gasteiger partial charge is 0.348 e. The highest BCUT2D eigenvalue weighted by atomic mass is 16.7. The van der Waals surface area contributed by atoms with Gasteiger partial charge in [-0.3, -0.25) is 0 Å². The molecular weight excluding hydrogens is 236 g/mol. The lowest BCUT2D eigenvalue weighted by Crippen LogP contribution is -2.52. The molecule has 1 aliphatic heterocycles. The average molecular weight is 270 g/mol. The minimum absolute atomic E-state index is 0.0629.